The number of benzene rings is 2. The van der Waals surface area contributed by atoms with Crippen molar-refractivity contribution in [1.29, 1.82) is 0 Å². The van der Waals surface area contributed by atoms with Crippen molar-refractivity contribution in [1.82, 2.24) is 4.90 Å². The molecule has 1 amide bonds. The van der Waals surface area contributed by atoms with Gasteiger partial charge in [-0.05, 0) is 36.7 Å². The number of rotatable bonds is 7. The highest BCUT2D eigenvalue weighted by molar-refractivity contribution is 5.90. The maximum absolute atomic E-state index is 13.1. The molecule has 128 valence electrons. The highest BCUT2D eigenvalue weighted by Gasteiger charge is 2.10. The molecule has 0 bridgehead atoms. The van der Waals surface area contributed by atoms with Crippen LogP contribution in [0.5, 0.6) is 0 Å². The summed E-state index contributed by atoms with van der Waals surface area (Å²) in [5, 5.41) is 2.59. The number of nitrogens with one attached hydrogen (secondary N) is 1. The van der Waals surface area contributed by atoms with E-state index in [4.69, 9.17) is 0 Å². The number of amides is 1. The molecule has 2 aromatic rings. The van der Waals surface area contributed by atoms with Crippen LogP contribution in [0.1, 0.15) is 24.5 Å². The number of anilines is 1. The summed E-state index contributed by atoms with van der Waals surface area (Å²) in [4.78, 5) is 14.2. The number of halogens is 2. The van der Waals surface area contributed by atoms with Gasteiger partial charge in [-0.15, -0.1) is 0 Å². The lowest BCUT2D eigenvalue weighted by Gasteiger charge is -2.21. The minimum atomic E-state index is -0.970. The molecule has 2 aromatic carbocycles. The van der Waals surface area contributed by atoms with Gasteiger partial charge in [-0.3, -0.25) is 9.69 Å². The van der Waals surface area contributed by atoms with Gasteiger partial charge in [0.05, 0.1) is 0 Å². The van der Waals surface area contributed by atoms with Crippen LogP contribution in [0.3, 0.4) is 0 Å². The molecule has 0 saturated carbocycles. The summed E-state index contributed by atoms with van der Waals surface area (Å²) in [7, 11) is 0. The Morgan fingerprint density at radius 1 is 1.12 bits per heavy atom. The number of hydrogen-bond acceptors (Lipinski definition) is 2. The number of carbonyl (C=O) groups is 1. The minimum absolute atomic E-state index is 0.218. The van der Waals surface area contributed by atoms with Crippen LogP contribution in [0.15, 0.2) is 42.5 Å². The van der Waals surface area contributed by atoms with Gasteiger partial charge in [0.25, 0.3) is 0 Å². The number of nitrogens with zero attached hydrogens (tertiary/aromatic N) is 1. The van der Waals surface area contributed by atoms with Gasteiger partial charge in [0.2, 0.25) is 5.91 Å². The fraction of sp³-hybridized carbons (Fsp3) is 0.316. The quantitative estimate of drug-likeness (QED) is 0.827. The van der Waals surface area contributed by atoms with Crippen molar-refractivity contribution < 1.29 is 13.6 Å². The summed E-state index contributed by atoms with van der Waals surface area (Å²) in [6.07, 6.45) is 0.290. The van der Waals surface area contributed by atoms with E-state index in [0.29, 0.717) is 13.0 Å². The van der Waals surface area contributed by atoms with Crippen molar-refractivity contribution in [3.63, 3.8) is 0 Å². The maximum atomic E-state index is 13.1. The van der Waals surface area contributed by atoms with E-state index in [0.717, 1.165) is 25.2 Å². The zero-order valence-corrected chi connectivity index (χ0v) is 14.0. The fourth-order valence-corrected chi connectivity index (χ4v) is 2.43. The average molecular weight is 332 g/mol. The average Bonchev–Trinajstić information content (AvgIpc) is 2.56. The van der Waals surface area contributed by atoms with Crippen LogP contribution >= 0.6 is 0 Å². The first-order chi connectivity index (χ1) is 11.5. The monoisotopic (exact) mass is 332 g/mol. The first-order valence-corrected chi connectivity index (χ1v) is 8.01. The molecule has 24 heavy (non-hydrogen) atoms. The lowest BCUT2D eigenvalue weighted by molar-refractivity contribution is -0.116. The normalized spacial score (nSPS) is 10.9. The lowest BCUT2D eigenvalue weighted by atomic mass is 10.1. The summed E-state index contributed by atoms with van der Waals surface area (Å²) in [5.74, 6) is -2.12. The van der Waals surface area contributed by atoms with Crippen molar-refractivity contribution in [2.24, 2.45) is 0 Å². The maximum Gasteiger partial charge on any atom is 0.225 e. The Hall–Kier alpha value is -2.27. The fourth-order valence-electron chi connectivity index (χ4n) is 2.43. The van der Waals surface area contributed by atoms with Gasteiger partial charge in [-0.2, -0.15) is 0 Å². The third kappa shape index (κ3) is 5.13. The predicted molar refractivity (Wildman–Crippen MR) is 91.7 cm³/mol. The second-order valence-corrected chi connectivity index (χ2v) is 5.72. The molecular formula is C19H22F2N2O. The van der Waals surface area contributed by atoms with Crippen molar-refractivity contribution in [3.8, 4) is 0 Å². The van der Waals surface area contributed by atoms with Gasteiger partial charge in [-0.1, -0.05) is 31.2 Å². The molecule has 0 unspecified atom stereocenters. The van der Waals surface area contributed by atoms with Crippen LogP contribution in [-0.2, 0) is 11.3 Å². The van der Waals surface area contributed by atoms with Crippen molar-refractivity contribution in [2.45, 2.75) is 26.8 Å². The second-order valence-electron chi connectivity index (χ2n) is 5.72. The van der Waals surface area contributed by atoms with Gasteiger partial charge < -0.3 is 5.32 Å². The molecule has 3 nitrogen and oxygen atoms in total. The molecular weight excluding hydrogens is 310 g/mol. The number of aryl methyl sites for hydroxylation is 1. The van der Waals surface area contributed by atoms with Crippen LogP contribution in [0, 0.1) is 18.6 Å². The molecule has 0 aromatic heterocycles. The third-order valence-corrected chi connectivity index (χ3v) is 3.96. The Labute approximate surface area is 141 Å². The topological polar surface area (TPSA) is 32.3 Å². The van der Waals surface area contributed by atoms with Crippen LogP contribution < -0.4 is 5.32 Å². The molecule has 0 aliphatic heterocycles. The van der Waals surface area contributed by atoms with Crippen molar-refractivity contribution in [2.75, 3.05) is 18.4 Å². The molecule has 0 spiro atoms. The molecule has 1 N–H and O–H groups in total. The first kappa shape index (κ1) is 18.1. The van der Waals surface area contributed by atoms with E-state index in [9.17, 15) is 13.6 Å². The van der Waals surface area contributed by atoms with Gasteiger partial charge in [0.1, 0.15) is 0 Å². The van der Waals surface area contributed by atoms with Crippen LogP contribution in [0.25, 0.3) is 0 Å². The lowest BCUT2D eigenvalue weighted by Crippen LogP contribution is -2.27. The molecule has 2 rings (SSSR count). The van der Waals surface area contributed by atoms with E-state index in [-0.39, 0.29) is 11.6 Å². The summed E-state index contributed by atoms with van der Waals surface area (Å²) >= 11 is 0. The number of carbonyl (C=O) groups excluding carboxylic acids is 1. The van der Waals surface area contributed by atoms with E-state index in [2.05, 4.69) is 29.3 Å². The Morgan fingerprint density at radius 2 is 1.88 bits per heavy atom. The van der Waals surface area contributed by atoms with E-state index in [1.807, 2.05) is 19.1 Å². The van der Waals surface area contributed by atoms with E-state index in [1.54, 1.807) is 0 Å². The smallest absolute Gasteiger partial charge is 0.225 e. The number of hydrogen-bond donors (Lipinski definition) is 1. The van der Waals surface area contributed by atoms with E-state index < -0.39 is 11.6 Å². The molecule has 0 saturated heterocycles. The van der Waals surface area contributed by atoms with Crippen LogP contribution in [0.4, 0.5) is 14.5 Å². The summed E-state index contributed by atoms with van der Waals surface area (Å²) in [6, 6.07) is 11.5. The SMILES string of the molecule is CCN(CCC(=O)Nc1ccc(F)c(F)c1)Cc1ccccc1C. The minimum Gasteiger partial charge on any atom is -0.326 e. The summed E-state index contributed by atoms with van der Waals surface area (Å²) < 4.78 is 26.0. The highest BCUT2D eigenvalue weighted by atomic mass is 19.2. The zero-order valence-electron chi connectivity index (χ0n) is 14.0. The van der Waals surface area contributed by atoms with Crippen LogP contribution in [-0.4, -0.2) is 23.9 Å². The Kier molecular flexibility index (Phi) is 6.44. The molecule has 0 fully saturated rings. The Morgan fingerprint density at radius 3 is 2.54 bits per heavy atom. The third-order valence-electron chi connectivity index (χ3n) is 3.96. The molecule has 0 atom stereocenters. The molecule has 0 aliphatic rings. The molecule has 0 aliphatic carbocycles. The summed E-state index contributed by atoms with van der Waals surface area (Å²) in [5.41, 5.74) is 2.73. The van der Waals surface area contributed by atoms with Crippen molar-refractivity contribution >= 4 is 11.6 Å². The van der Waals surface area contributed by atoms with Gasteiger partial charge in [0, 0.05) is 31.3 Å². The molecule has 0 radical (unpaired) electrons. The van der Waals surface area contributed by atoms with Gasteiger partial charge in [0.15, 0.2) is 11.6 Å². The summed E-state index contributed by atoms with van der Waals surface area (Å²) in [6.45, 7) is 6.32. The molecule has 0 heterocycles. The Bertz CT molecular complexity index is 704. The standard InChI is InChI=1S/C19H22F2N2O/c1-3-23(13-15-7-5-4-6-14(15)2)11-10-19(24)22-16-8-9-17(20)18(21)12-16/h4-9,12H,3,10-11,13H2,1-2H3,(H,22,24). The first-order valence-electron chi connectivity index (χ1n) is 8.01. The van der Waals surface area contributed by atoms with Crippen LogP contribution in [0.2, 0.25) is 0 Å². The molecule has 5 heteroatoms. The van der Waals surface area contributed by atoms with Gasteiger partial charge in [-0.25, -0.2) is 8.78 Å². The Balaban J connectivity index is 1.87. The second kappa shape index (κ2) is 8.55. The van der Waals surface area contributed by atoms with E-state index in [1.165, 1.54) is 17.2 Å². The van der Waals surface area contributed by atoms with Gasteiger partial charge >= 0.3 is 0 Å². The largest absolute Gasteiger partial charge is 0.326 e. The zero-order chi connectivity index (χ0) is 17.5. The van der Waals surface area contributed by atoms with E-state index >= 15 is 0 Å². The van der Waals surface area contributed by atoms with Crippen molar-refractivity contribution in [3.05, 3.63) is 65.2 Å². The predicted octanol–water partition coefficient (Wildman–Crippen LogP) is 4.12. The highest BCUT2D eigenvalue weighted by Crippen LogP contribution is 2.14.